The monoisotopic (exact) mass is 381 g/mol. The Morgan fingerprint density at radius 3 is 2.35 bits per heavy atom. The third-order valence-corrected chi connectivity index (χ3v) is 3.72. The van der Waals surface area contributed by atoms with Crippen LogP contribution in [0, 0.1) is 0 Å². The molecule has 0 atom stereocenters. The Balaban J connectivity index is 0.00000243. The second-order valence-corrected chi connectivity index (χ2v) is 5.37. The summed E-state index contributed by atoms with van der Waals surface area (Å²) in [6, 6.07) is 11.9. The quantitative estimate of drug-likeness (QED) is 0.686. The molecule has 0 spiro atoms. The number of nitrogens with one attached hydrogen (secondary N) is 2. The van der Waals surface area contributed by atoms with E-state index in [-0.39, 0.29) is 23.8 Å². The van der Waals surface area contributed by atoms with Crippen LogP contribution in [0.4, 0.5) is 24.5 Å². The number of carbonyl (C=O) groups is 1. The first-order valence-corrected chi connectivity index (χ1v) is 7.43. The number of hydrogen-bond donors (Lipinski definition) is 2. The highest BCUT2D eigenvalue weighted by molar-refractivity contribution is 5.95. The molecule has 3 aromatic rings. The fourth-order valence-electron chi connectivity index (χ4n) is 2.44. The zero-order chi connectivity index (χ0) is 18.0. The van der Waals surface area contributed by atoms with Crippen LogP contribution in [0.5, 0.6) is 0 Å². The molecule has 1 heterocycles. The first-order chi connectivity index (χ1) is 11.9. The van der Waals surface area contributed by atoms with E-state index in [2.05, 4.69) is 15.6 Å². The Morgan fingerprint density at radius 1 is 1.04 bits per heavy atom. The minimum Gasteiger partial charge on any atom is -0.355 e. The van der Waals surface area contributed by atoms with Crippen LogP contribution in [-0.2, 0) is 6.18 Å². The molecule has 0 aliphatic carbocycles. The minimum absolute atomic E-state index is 0. The van der Waals surface area contributed by atoms with Crippen molar-refractivity contribution < 1.29 is 18.0 Å². The lowest BCUT2D eigenvalue weighted by Crippen LogP contribution is -2.17. The smallest absolute Gasteiger partial charge is 0.355 e. The third kappa shape index (κ3) is 4.05. The van der Waals surface area contributed by atoms with Gasteiger partial charge in [-0.05, 0) is 42.5 Å². The molecule has 0 aliphatic rings. The predicted octanol–water partition coefficient (Wildman–Crippen LogP) is 4.78. The predicted molar refractivity (Wildman–Crippen MR) is 97.1 cm³/mol. The number of halogens is 4. The van der Waals surface area contributed by atoms with Crippen LogP contribution in [0.2, 0.25) is 0 Å². The van der Waals surface area contributed by atoms with Gasteiger partial charge in [0.2, 0.25) is 0 Å². The Kier molecular flexibility index (Phi) is 5.72. The lowest BCUT2D eigenvalue weighted by atomic mass is 10.1. The van der Waals surface area contributed by atoms with Gasteiger partial charge in [0.25, 0.3) is 5.91 Å². The molecule has 1 aromatic heterocycles. The van der Waals surface area contributed by atoms with Crippen molar-refractivity contribution in [1.82, 2.24) is 10.3 Å². The van der Waals surface area contributed by atoms with E-state index in [4.69, 9.17) is 0 Å². The van der Waals surface area contributed by atoms with Crippen LogP contribution in [0.3, 0.4) is 0 Å². The molecular weight excluding hydrogens is 367 g/mol. The Hall–Kier alpha value is -2.80. The number of hydrogen-bond acceptors (Lipinski definition) is 3. The van der Waals surface area contributed by atoms with Crippen LogP contribution in [0.1, 0.15) is 15.9 Å². The molecule has 0 fully saturated rings. The normalized spacial score (nSPS) is 10.9. The summed E-state index contributed by atoms with van der Waals surface area (Å²) >= 11 is 0. The molecule has 4 nitrogen and oxygen atoms in total. The van der Waals surface area contributed by atoms with E-state index < -0.39 is 11.7 Å². The Bertz CT molecular complexity index is 927. The summed E-state index contributed by atoms with van der Waals surface area (Å²) in [5.41, 5.74) is 1.37. The average Bonchev–Trinajstić information content (AvgIpc) is 2.61. The number of rotatable bonds is 3. The number of alkyl halides is 3. The number of amides is 1. The van der Waals surface area contributed by atoms with Crippen molar-refractivity contribution in [2.24, 2.45) is 0 Å². The summed E-state index contributed by atoms with van der Waals surface area (Å²) in [6.45, 7) is 0. The van der Waals surface area contributed by atoms with Crippen molar-refractivity contribution in [2.75, 3.05) is 12.4 Å². The molecular formula is C18H15ClF3N3O. The van der Waals surface area contributed by atoms with Crippen LogP contribution >= 0.6 is 12.4 Å². The largest absolute Gasteiger partial charge is 0.416 e. The molecule has 8 heteroatoms. The fraction of sp³-hybridized carbons (Fsp3) is 0.111. The van der Waals surface area contributed by atoms with Gasteiger partial charge in [-0.25, -0.2) is 0 Å². The average molecular weight is 382 g/mol. The Labute approximate surface area is 153 Å². The number of nitrogens with zero attached hydrogens (tertiary/aromatic N) is 1. The van der Waals surface area contributed by atoms with E-state index >= 15 is 0 Å². The molecule has 0 unspecified atom stereocenters. The van der Waals surface area contributed by atoms with Crippen molar-refractivity contribution >= 4 is 40.6 Å². The number of anilines is 2. The van der Waals surface area contributed by atoms with Gasteiger partial charge in [-0.15, -0.1) is 12.4 Å². The summed E-state index contributed by atoms with van der Waals surface area (Å²) in [5, 5.41) is 6.24. The maximum absolute atomic E-state index is 12.8. The van der Waals surface area contributed by atoms with Gasteiger partial charge in [0.15, 0.2) is 0 Å². The Morgan fingerprint density at radius 2 is 1.73 bits per heavy atom. The van der Waals surface area contributed by atoms with Gasteiger partial charge < -0.3 is 10.6 Å². The summed E-state index contributed by atoms with van der Waals surface area (Å²) in [7, 11) is 1.55. The zero-order valence-corrected chi connectivity index (χ0v) is 14.4. The number of fused-ring (bicyclic) bond motifs is 1. The second-order valence-electron chi connectivity index (χ2n) is 5.37. The summed E-state index contributed by atoms with van der Waals surface area (Å²) < 4.78 is 38.5. The highest BCUT2D eigenvalue weighted by Gasteiger charge is 2.30. The second kappa shape index (κ2) is 7.61. The molecule has 0 bridgehead atoms. The van der Waals surface area contributed by atoms with Crippen LogP contribution in [0.25, 0.3) is 10.9 Å². The van der Waals surface area contributed by atoms with Crippen molar-refractivity contribution in [2.45, 2.75) is 6.18 Å². The van der Waals surface area contributed by atoms with E-state index in [1.807, 2.05) is 0 Å². The standard InChI is InChI=1S/C18H14F3N3O.ClH/c1-22-17(25)11-2-5-13(6-3-11)24-15-8-9-23-16-10-12(18(19,20)21)4-7-14(15)16;/h2-10H,1H3,(H,22,25)(H,23,24);1H. The van der Waals surface area contributed by atoms with Crippen molar-refractivity contribution in [3.05, 3.63) is 65.9 Å². The summed E-state index contributed by atoms with van der Waals surface area (Å²) in [5.74, 6) is -0.194. The highest BCUT2D eigenvalue weighted by Crippen LogP contribution is 2.33. The van der Waals surface area contributed by atoms with E-state index in [0.717, 1.165) is 12.1 Å². The number of aromatic nitrogens is 1. The van der Waals surface area contributed by atoms with Crippen molar-refractivity contribution in [3.8, 4) is 0 Å². The van der Waals surface area contributed by atoms with Gasteiger partial charge >= 0.3 is 6.18 Å². The van der Waals surface area contributed by atoms with E-state index in [1.165, 1.54) is 12.3 Å². The lowest BCUT2D eigenvalue weighted by molar-refractivity contribution is -0.137. The van der Waals surface area contributed by atoms with E-state index in [1.54, 1.807) is 37.4 Å². The van der Waals surface area contributed by atoms with E-state index in [9.17, 15) is 18.0 Å². The van der Waals surface area contributed by atoms with Crippen LogP contribution < -0.4 is 10.6 Å². The minimum atomic E-state index is -4.41. The van der Waals surface area contributed by atoms with Gasteiger partial charge in [0.05, 0.1) is 11.1 Å². The van der Waals surface area contributed by atoms with Gasteiger partial charge in [0, 0.05) is 35.6 Å². The number of benzene rings is 2. The number of pyridine rings is 1. The molecule has 0 saturated heterocycles. The molecule has 0 saturated carbocycles. The molecule has 2 aromatic carbocycles. The summed E-state index contributed by atoms with van der Waals surface area (Å²) in [6.07, 6.45) is -2.96. The van der Waals surface area contributed by atoms with Gasteiger partial charge in [-0.2, -0.15) is 13.2 Å². The third-order valence-electron chi connectivity index (χ3n) is 3.72. The van der Waals surface area contributed by atoms with Crippen LogP contribution in [-0.4, -0.2) is 17.9 Å². The maximum atomic E-state index is 12.8. The molecule has 0 radical (unpaired) electrons. The number of carbonyl (C=O) groups excluding carboxylic acids is 1. The van der Waals surface area contributed by atoms with Gasteiger partial charge in [-0.3, -0.25) is 9.78 Å². The van der Waals surface area contributed by atoms with Crippen LogP contribution in [0.15, 0.2) is 54.7 Å². The molecule has 26 heavy (non-hydrogen) atoms. The lowest BCUT2D eigenvalue weighted by Gasteiger charge is -2.12. The topological polar surface area (TPSA) is 54.0 Å². The zero-order valence-electron chi connectivity index (χ0n) is 13.6. The van der Waals surface area contributed by atoms with Gasteiger partial charge in [0.1, 0.15) is 0 Å². The first-order valence-electron chi connectivity index (χ1n) is 7.43. The molecule has 0 aliphatic heterocycles. The maximum Gasteiger partial charge on any atom is 0.416 e. The SMILES string of the molecule is CNC(=O)c1ccc(Nc2ccnc3cc(C(F)(F)F)ccc23)cc1.Cl. The first kappa shape index (κ1) is 19.5. The molecule has 3 rings (SSSR count). The van der Waals surface area contributed by atoms with Crippen molar-refractivity contribution in [3.63, 3.8) is 0 Å². The van der Waals surface area contributed by atoms with Gasteiger partial charge in [-0.1, -0.05) is 6.07 Å². The molecule has 136 valence electrons. The highest BCUT2D eigenvalue weighted by atomic mass is 35.5. The molecule has 2 N–H and O–H groups in total. The van der Waals surface area contributed by atoms with Crippen molar-refractivity contribution in [1.29, 1.82) is 0 Å². The fourth-order valence-corrected chi connectivity index (χ4v) is 2.44. The van der Waals surface area contributed by atoms with E-state index in [0.29, 0.717) is 22.3 Å². The summed E-state index contributed by atoms with van der Waals surface area (Å²) in [4.78, 5) is 15.6. The molecule has 1 amide bonds.